The van der Waals surface area contributed by atoms with Crippen molar-refractivity contribution in [2.24, 2.45) is 7.05 Å². The molecule has 1 aromatic heterocycles. The van der Waals surface area contributed by atoms with Gasteiger partial charge in [-0.25, -0.2) is 0 Å². The molecule has 1 amide bonds. The number of nitrogens with one attached hydrogen (secondary N) is 2. The molecule has 22 heavy (non-hydrogen) atoms. The van der Waals surface area contributed by atoms with Gasteiger partial charge in [-0.1, -0.05) is 0 Å². The van der Waals surface area contributed by atoms with Crippen molar-refractivity contribution in [3.05, 3.63) is 18.0 Å². The Kier molecular flexibility index (Phi) is 13.5. The molecule has 7 nitrogen and oxygen atoms in total. The van der Waals surface area contributed by atoms with Crippen LogP contribution < -0.4 is 10.6 Å². The van der Waals surface area contributed by atoms with Crippen LogP contribution in [0.3, 0.4) is 0 Å². The lowest BCUT2D eigenvalue weighted by molar-refractivity contribution is -0.123. The molecule has 130 valence electrons. The summed E-state index contributed by atoms with van der Waals surface area (Å²) in [5, 5.41) is 10.0. The van der Waals surface area contributed by atoms with E-state index in [1.807, 2.05) is 20.3 Å². The zero-order valence-electron chi connectivity index (χ0n) is 13.5. The molecule has 1 rings (SSSR count). The van der Waals surface area contributed by atoms with Gasteiger partial charge in [0.2, 0.25) is 5.91 Å². The Morgan fingerprint density at radius 1 is 1.45 bits per heavy atom. The fraction of sp³-hybridized carbons (Fsp3) is 0.692. The van der Waals surface area contributed by atoms with Crippen molar-refractivity contribution in [1.29, 1.82) is 0 Å². The minimum atomic E-state index is -0.368. The van der Waals surface area contributed by atoms with Crippen LogP contribution >= 0.6 is 24.8 Å². The molecule has 0 bridgehead atoms. The number of carbonyl (C=O) groups is 1. The molecule has 0 aliphatic rings. The zero-order chi connectivity index (χ0) is 15.0. The first-order chi connectivity index (χ1) is 9.58. The normalized spacial score (nSPS) is 11.5. The van der Waals surface area contributed by atoms with Crippen LogP contribution in [-0.4, -0.2) is 68.0 Å². The molecule has 1 heterocycles. The van der Waals surface area contributed by atoms with Gasteiger partial charge in [-0.15, -0.1) is 24.8 Å². The van der Waals surface area contributed by atoms with Crippen LogP contribution in [-0.2, 0) is 16.6 Å². The number of hydrogen-bond donors (Lipinski definition) is 2. The van der Waals surface area contributed by atoms with E-state index < -0.39 is 0 Å². The van der Waals surface area contributed by atoms with Gasteiger partial charge in [0.05, 0.1) is 12.8 Å². The molecule has 0 spiro atoms. The van der Waals surface area contributed by atoms with Gasteiger partial charge in [0.25, 0.3) is 0 Å². The fourth-order valence-electron chi connectivity index (χ4n) is 1.87. The van der Waals surface area contributed by atoms with Gasteiger partial charge >= 0.3 is 0 Å². The van der Waals surface area contributed by atoms with Crippen LogP contribution in [0.1, 0.15) is 11.6 Å². The second kappa shape index (κ2) is 12.7. The van der Waals surface area contributed by atoms with E-state index in [0.717, 1.165) is 18.7 Å². The molecule has 1 aromatic rings. The van der Waals surface area contributed by atoms with Gasteiger partial charge in [-0.2, -0.15) is 5.10 Å². The van der Waals surface area contributed by atoms with Crippen molar-refractivity contribution in [3.8, 4) is 0 Å². The number of rotatable bonds is 9. The van der Waals surface area contributed by atoms with Crippen molar-refractivity contribution < 1.29 is 9.53 Å². The summed E-state index contributed by atoms with van der Waals surface area (Å²) in [4.78, 5) is 14.2. The summed E-state index contributed by atoms with van der Waals surface area (Å²) in [5.41, 5.74) is 0.861. The number of aromatic nitrogens is 2. The standard InChI is InChI=1S/C13H25N5O2.2ClH/c1-14-12(11-9-16-18(3)10-11)13(19)15-5-6-17(2)7-8-20-4;;/h9-10,12,14H,5-8H2,1-4H3,(H,15,19);2*1H. The molecule has 1 atom stereocenters. The van der Waals surface area contributed by atoms with Crippen LogP contribution in [0.2, 0.25) is 0 Å². The van der Waals surface area contributed by atoms with E-state index >= 15 is 0 Å². The Morgan fingerprint density at radius 2 is 2.14 bits per heavy atom. The first-order valence-corrected chi connectivity index (χ1v) is 6.69. The lowest BCUT2D eigenvalue weighted by Gasteiger charge is -2.18. The number of hydrogen-bond acceptors (Lipinski definition) is 5. The Hall–Kier alpha value is -0.860. The number of ether oxygens (including phenoxy) is 1. The second-order valence-corrected chi connectivity index (χ2v) is 4.76. The SMILES string of the molecule is CNC(C(=O)NCCN(C)CCOC)c1cnn(C)c1.Cl.Cl. The van der Waals surface area contributed by atoms with Gasteiger partial charge in [-0.05, 0) is 14.1 Å². The number of methoxy groups -OCH3 is 1. The van der Waals surface area contributed by atoms with Gasteiger partial charge in [0, 0.05) is 45.6 Å². The third kappa shape index (κ3) is 7.95. The largest absolute Gasteiger partial charge is 0.383 e. The number of nitrogens with zero attached hydrogens (tertiary/aromatic N) is 3. The second-order valence-electron chi connectivity index (χ2n) is 4.76. The maximum atomic E-state index is 12.1. The quantitative estimate of drug-likeness (QED) is 0.662. The summed E-state index contributed by atoms with van der Waals surface area (Å²) >= 11 is 0. The molecule has 1 unspecified atom stereocenters. The Bertz CT molecular complexity index is 417. The monoisotopic (exact) mass is 355 g/mol. The lowest BCUT2D eigenvalue weighted by atomic mass is 10.1. The number of aryl methyl sites for hydroxylation is 1. The van der Waals surface area contributed by atoms with Crippen LogP contribution in [0, 0.1) is 0 Å². The van der Waals surface area contributed by atoms with Crippen LogP contribution in [0.5, 0.6) is 0 Å². The molecule has 0 aliphatic carbocycles. The van der Waals surface area contributed by atoms with E-state index in [1.165, 1.54) is 0 Å². The number of likely N-dealkylation sites (N-methyl/N-ethyl adjacent to an activating group) is 2. The maximum Gasteiger partial charge on any atom is 0.241 e. The van der Waals surface area contributed by atoms with E-state index in [9.17, 15) is 4.79 Å². The fourth-order valence-corrected chi connectivity index (χ4v) is 1.87. The maximum absolute atomic E-state index is 12.1. The molecule has 0 fully saturated rings. The molecule has 9 heteroatoms. The summed E-state index contributed by atoms with van der Waals surface area (Å²) in [6, 6.07) is -0.368. The number of carbonyl (C=O) groups excluding carboxylic acids is 1. The minimum Gasteiger partial charge on any atom is -0.383 e. The van der Waals surface area contributed by atoms with E-state index in [1.54, 1.807) is 25.0 Å². The predicted molar refractivity (Wildman–Crippen MR) is 91.9 cm³/mol. The highest BCUT2D eigenvalue weighted by Gasteiger charge is 2.19. The smallest absolute Gasteiger partial charge is 0.241 e. The first kappa shape index (κ1) is 23.4. The van der Waals surface area contributed by atoms with Crippen molar-refractivity contribution in [2.45, 2.75) is 6.04 Å². The summed E-state index contributed by atoms with van der Waals surface area (Å²) in [6.07, 6.45) is 3.54. The summed E-state index contributed by atoms with van der Waals surface area (Å²) in [5.74, 6) is -0.0411. The average Bonchev–Trinajstić information content (AvgIpc) is 2.83. The summed E-state index contributed by atoms with van der Waals surface area (Å²) in [7, 11) is 7.28. The third-order valence-electron chi connectivity index (χ3n) is 3.08. The van der Waals surface area contributed by atoms with Crippen LogP contribution in [0.25, 0.3) is 0 Å². The average molecular weight is 356 g/mol. The molecular formula is C13H27Cl2N5O2. The van der Waals surface area contributed by atoms with Gasteiger partial charge in [0.15, 0.2) is 0 Å². The van der Waals surface area contributed by atoms with E-state index in [0.29, 0.717) is 13.2 Å². The molecule has 0 radical (unpaired) electrons. The van der Waals surface area contributed by atoms with Gasteiger partial charge < -0.3 is 20.3 Å². The topological polar surface area (TPSA) is 71.4 Å². The molecule has 0 saturated carbocycles. The zero-order valence-corrected chi connectivity index (χ0v) is 15.2. The van der Waals surface area contributed by atoms with Gasteiger partial charge in [0.1, 0.15) is 6.04 Å². The van der Waals surface area contributed by atoms with Crippen LogP contribution in [0.4, 0.5) is 0 Å². The van der Waals surface area contributed by atoms with E-state index in [2.05, 4.69) is 20.6 Å². The Balaban J connectivity index is 0. The molecule has 0 aromatic carbocycles. The first-order valence-electron chi connectivity index (χ1n) is 6.69. The van der Waals surface area contributed by atoms with E-state index in [4.69, 9.17) is 4.74 Å². The van der Waals surface area contributed by atoms with Crippen molar-refractivity contribution in [1.82, 2.24) is 25.3 Å². The summed E-state index contributed by atoms with van der Waals surface area (Å²) < 4.78 is 6.69. The minimum absolute atomic E-state index is 0. The Morgan fingerprint density at radius 3 is 2.64 bits per heavy atom. The molecular weight excluding hydrogens is 329 g/mol. The number of amides is 1. The van der Waals surface area contributed by atoms with E-state index in [-0.39, 0.29) is 36.8 Å². The third-order valence-corrected chi connectivity index (χ3v) is 3.08. The van der Waals surface area contributed by atoms with Gasteiger partial charge in [-0.3, -0.25) is 9.48 Å². The molecule has 2 N–H and O–H groups in total. The Labute approximate surface area is 144 Å². The predicted octanol–water partition coefficient (Wildman–Crippen LogP) is 0.219. The van der Waals surface area contributed by atoms with Crippen molar-refractivity contribution >= 4 is 30.7 Å². The molecule has 0 aliphatic heterocycles. The highest BCUT2D eigenvalue weighted by atomic mass is 35.5. The lowest BCUT2D eigenvalue weighted by Crippen LogP contribution is -2.40. The highest BCUT2D eigenvalue weighted by Crippen LogP contribution is 2.10. The van der Waals surface area contributed by atoms with Crippen molar-refractivity contribution in [3.63, 3.8) is 0 Å². The number of halogens is 2. The van der Waals surface area contributed by atoms with Crippen LogP contribution in [0.15, 0.2) is 12.4 Å². The molecule has 0 saturated heterocycles. The highest BCUT2D eigenvalue weighted by molar-refractivity contribution is 5.85. The van der Waals surface area contributed by atoms with Crippen molar-refractivity contribution in [2.75, 3.05) is 47.4 Å². The summed E-state index contributed by atoms with van der Waals surface area (Å²) in [6.45, 7) is 2.94.